The summed E-state index contributed by atoms with van der Waals surface area (Å²) in [6.07, 6.45) is 1.96. The van der Waals surface area contributed by atoms with Gasteiger partial charge in [0.15, 0.2) is 17.4 Å². The second kappa shape index (κ2) is 7.91. The van der Waals surface area contributed by atoms with Crippen LogP contribution >= 0.6 is 0 Å². The van der Waals surface area contributed by atoms with Crippen molar-refractivity contribution >= 4 is 17.6 Å². The van der Waals surface area contributed by atoms with Crippen LogP contribution < -0.4 is 9.64 Å². The molecule has 0 aromatic heterocycles. The van der Waals surface area contributed by atoms with Gasteiger partial charge < -0.3 is 23.8 Å². The molecule has 1 aromatic rings. The molecule has 2 aliphatic rings. The third kappa shape index (κ3) is 4.02. The molecule has 7 nitrogen and oxygen atoms in total. The lowest BCUT2D eigenvalue weighted by atomic mass is 10.1. The van der Waals surface area contributed by atoms with Crippen LogP contribution in [0.4, 0.5) is 14.5 Å². The predicted octanol–water partition coefficient (Wildman–Crippen LogP) is 2.15. The highest BCUT2D eigenvalue weighted by molar-refractivity contribution is 6.03. The summed E-state index contributed by atoms with van der Waals surface area (Å²) in [5.74, 6) is -3.63. The minimum atomic E-state index is -0.917. The van der Waals surface area contributed by atoms with Gasteiger partial charge >= 0.3 is 11.9 Å². The average Bonchev–Trinajstić information content (AvgIpc) is 3.49. The Bertz CT molecular complexity index is 767. The van der Waals surface area contributed by atoms with Gasteiger partial charge in [-0.1, -0.05) is 0 Å². The Morgan fingerprint density at radius 1 is 1.15 bits per heavy atom. The number of ether oxygens (including phenoxy) is 4. The van der Waals surface area contributed by atoms with Gasteiger partial charge in [-0.15, -0.1) is 0 Å². The Kier molecular flexibility index (Phi) is 5.59. The Balaban J connectivity index is 1.97. The number of carbonyl (C=O) groups is 2. The van der Waals surface area contributed by atoms with E-state index in [1.807, 2.05) is 0 Å². The first kappa shape index (κ1) is 19.1. The molecule has 0 atom stereocenters. The minimum absolute atomic E-state index is 0.0229. The third-order valence-corrected chi connectivity index (χ3v) is 4.29. The molecule has 9 heteroatoms. The molecule has 146 valence electrons. The predicted molar refractivity (Wildman–Crippen MR) is 88.9 cm³/mol. The standard InChI is InChI=1S/C18H19F2NO6/c1-24-17(22)12-8-26-9-21(15(12)18(23)25-2)11-5-13(19)16(14(20)6-11)27-7-10-3-4-10/h5-6,10H,3-4,7-9H2,1-2H3. The Morgan fingerprint density at radius 3 is 2.33 bits per heavy atom. The fourth-order valence-corrected chi connectivity index (χ4v) is 2.67. The first-order valence-electron chi connectivity index (χ1n) is 8.33. The zero-order valence-electron chi connectivity index (χ0n) is 14.9. The molecule has 0 spiro atoms. The van der Waals surface area contributed by atoms with E-state index in [1.54, 1.807) is 0 Å². The van der Waals surface area contributed by atoms with Gasteiger partial charge in [-0.05, 0) is 18.8 Å². The lowest BCUT2D eigenvalue weighted by Crippen LogP contribution is -2.38. The van der Waals surface area contributed by atoms with Gasteiger partial charge in [0, 0.05) is 17.8 Å². The van der Waals surface area contributed by atoms with Gasteiger partial charge in [0.25, 0.3) is 0 Å². The van der Waals surface area contributed by atoms with Crippen LogP contribution in [0.3, 0.4) is 0 Å². The fourth-order valence-electron chi connectivity index (χ4n) is 2.67. The van der Waals surface area contributed by atoms with E-state index in [-0.39, 0.29) is 36.9 Å². The Labute approximate surface area is 154 Å². The summed E-state index contributed by atoms with van der Waals surface area (Å²) < 4.78 is 48.7. The van der Waals surface area contributed by atoms with Crippen molar-refractivity contribution in [3.63, 3.8) is 0 Å². The van der Waals surface area contributed by atoms with E-state index in [4.69, 9.17) is 14.2 Å². The molecule has 0 radical (unpaired) electrons. The summed E-state index contributed by atoms with van der Waals surface area (Å²) in [6.45, 7) is -0.146. The topological polar surface area (TPSA) is 74.3 Å². The van der Waals surface area contributed by atoms with Crippen molar-refractivity contribution in [3.8, 4) is 5.75 Å². The molecule has 1 saturated carbocycles. The molecule has 1 aliphatic carbocycles. The largest absolute Gasteiger partial charge is 0.487 e. The number of hydrogen-bond donors (Lipinski definition) is 0. The summed E-state index contributed by atoms with van der Waals surface area (Å²) in [6, 6.07) is 2.02. The van der Waals surface area contributed by atoms with Crippen molar-refractivity contribution in [3.05, 3.63) is 35.0 Å². The number of nitrogens with zero attached hydrogens (tertiary/aromatic N) is 1. The van der Waals surface area contributed by atoms with E-state index in [1.165, 1.54) is 0 Å². The molecular weight excluding hydrogens is 364 g/mol. The van der Waals surface area contributed by atoms with Crippen LogP contribution in [-0.2, 0) is 23.8 Å². The smallest absolute Gasteiger partial charge is 0.355 e. The van der Waals surface area contributed by atoms with Crippen molar-refractivity contribution < 1.29 is 37.3 Å². The van der Waals surface area contributed by atoms with E-state index < -0.39 is 29.3 Å². The molecule has 0 unspecified atom stereocenters. The summed E-state index contributed by atoms with van der Waals surface area (Å²) in [5, 5.41) is 0. The second-order valence-electron chi connectivity index (χ2n) is 6.21. The molecule has 1 heterocycles. The molecule has 1 aromatic carbocycles. The SMILES string of the molecule is COC(=O)C1=C(C(=O)OC)N(c2cc(F)c(OCC3CC3)c(F)c2)COC1. The lowest BCUT2D eigenvalue weighted by Gasteiger charge is -2.31. The van der Waals surface area contributed by atoms with Gasteiger partial charge in [0.2, 0.25) is 0 Å². The van der Waals surface area contributed by atoms with E-state index in [0.29, 0.717) is 5.92 Å². The molecule has 0 N–H and O–H groups in total. The number of anilines is 1. The van der Waals surface area contributed by atoms with Crippen LogP contribution in [0.15, 0.2) is 23.4 Å². The molecule has 1 fully saturated rings. The lowest BCUT2D eigenvalue weighted by molar-refractivity contribution is -0.140. The van der Waals surface area contributed by atoms with Gasteiger partial charge in [0.1, 0.15) is 12.4 Å². The first-order valence-corrected chi connectivity index (χ1v) is 8.33. The van der Waals surface area contributed by atoms with Gasteiger partial charge in [-0.25, -0.2) is 18.4 Å². The highest BCUT2D eigenvalue weighted by Gasteiger charge is 2.33. The molecule has 0 bridgehead atoms. The Morgan fingerprint density at radius 2 is 1.78 bits per heavy atom. The number of esters is 2. The summed E-state index contributed by atoms with van der Waals surface area (Å²) in [4.78, 5) is 25.3. The maximum Gasteiger partial charge on any atom is 0.355 e. The summed E-state index contributed by atoms with van der Waals surface area (Å²) >= 11 is 0. The average molecular weight is 383 g/mol. The Hall–Kier alpha value is -2.68. The van der Waals surface area contributed by atoms with E-state index in [0.717, 1.165) is 44.1 Å². The first-order chi connectivity index (χ1) is 13.0. The van der Waals surface area contributed by atoms with Crippen molar-refractivity contribution in [2.75, 3.05) is 39.1 Å². The molecular formula is C18H19F2NO6. The minimum Gasteiger partial charge on any atom is -0.487 e. The van der Waals surface area contributed by atoms with Crippen LogP contribution in [0.2, 0.25) is 0 Å². The number of benzene rings is 1. The summed E-state index contributed by atoms with van der Waals surface area (Å²) in [7, 11) is 2.28. The molecule has 1 aliphatic heterocycles. The normalized spacial score (nSPS) is 17.0. The van der Waals surface area contributed by atoms with Crippen LogP contribution in [0.25, 0.3) is 0 Å². The van der Waals surface area contributed by atoms with Gasteiger partial charge in [-0.2, -0.15) is 0 Å². The van der Waals surface area contributed by atoms with Gasteiger partial charge in [0.05, 0.1) is 33.0 Å². The highest BCUT2D eigenvalue weighted by Crippen LogP contribution is 2.34. The van der Waals surface area contributed by atoms with Crippen LogP contribution in [0, 0.1) is 17.6 Å². The van der Waals surface area contributed by atoms with Crippen molar-refractivity contribution in [2.24, 2.45) is 5.92 Å². The molecule has 0 amide bonds. The number of methoxy groups -OCH3 is 2. The van der Waals surface area contributed by atoms with E-state index >= 15 is 0 Å². The maximum absolute atomic E-state index is 14.4. The maximum atomic E-state index is 14.4. The van der Waals surface area contributed by atoms with Crippen molar-refractivity contribution in [2.45, 2.75) is 12.8 Å². The third-order valence-electron chi connectivity index (χ3n) is 4.29. The molecule has 3 rings (SSSR count). The summed E-state index contributed by atoms with van der Waals surface area (Å²) in [5.41, 5.74) is -0.322. The number of halogens is 2. The number of carbonyl (C=O) groups excluding carboxylic acids is 2. The highest BCUT2D eigenvalue weighted by atomic mass is 19.1. The van der Waals surface area contributed by atoms with Crippen molar-refractivity contribution in [1.29, 1.82) is 0 Å². The zero-order valence-corrected chi connectivity index (χ0v) is 14.9. The van der Waals surface area contributed by atoms with Gasteiger partial charge in [-0.3, -0.25) is 0 Å². The monoisotopic (exact) mass is 383 g/mol. The van der Waals surface area contributed by atoms with Crippen LogP contribution in [-0.4, -0.2) is 46.1 Å². The molecule has 0 saturated heterocycles. The quantitative estimate of drug-likeness (QED) is 0.697. The van der Waals surface area contributed by atoms with Crippen molar-refractivity contribution in [1.82, 2.24) is 0 Å². The number of rotatable bonds is 6. The second-order valence-corrected chi connectivity index (χ2v) is 6.21. The van der Waals surface area contributed by atoms with Crippen LogP contribution in [0.5, 0.6) is 5.75 Å². The number of hydrogen-bond acceptors (Lipinski definition) is 7. The van der Waals surface area contributed by atoms with E-state index in [2.05, 4.69) is 4.74 Å². The van der Waals surface area contributed by atoms with E-state index in [9.17, 15) is 18.4 Å². The molecule has 27 heavy (non-hydrogen) atoms. The van der Waals surface area contributed by atoms with Crippen LogP contribution in [0.1, 0.15) is 12.8 Å². The zero-order chi connectivity index (χ0) is 19.6. The fraction of sp³-hybridized carbons (Fsp3) is 0.444.